The predicted molar refractivity (Wildman–Crippen MR) is 83.6 cm³/mol. The summed E-state index contributed by atoms with van der Waals surface area (Å²) < 4.78 is 1.91. The average Bonchev–Trinajstić information content (AvgIpc) is 2.78. The first kappa shape index (κ1) is 14.8. The molecule has 20 heavy (non-hydrogen) atoms. The summed E-state index contributed by atoms with van der Waals surface area (Å²) in [6, 6.07) is 10.9. The molecule has 108 valence electrons. The highest BCUT2D eigenvalue weighted by molar-refractivity contribution is 5.24. The maximum absolute atomic E-state index is 4.61. The number of rotatable bonds is 4. The Balaban J connectivity index is 2.08. The van der Waals surface area contributed by atoms with Crippen LogP contribution in [0.4, 0.5) is 0 Å². The fraction of sp³-hybridized carbons (Fsp3) is 0.471. The van der Waals surface area contributed by atoms with Gasteiger partial charge in [0.05, 0.1) is 5.69 Å². The van der Waals surface area contributed by atoms with E-state index in [1.54, 1.807) is 0 Å². The molecule has 0 bridgehead atoms. The summed E-state index contributed by atoms with van der Waals surface area (Å²) in [5, 5.41) is 8.20. The highest BCUT2D eigenvalue weighted by atomic mass is 15.3. The number of nitrogens with zero attached hydrogens (tertiary/aromatic N) is 2. The zero-order valence-electron chi connectivity index (χ0n) is 13.1. The Bertz CT molecular complexity index is 549. The molecule has 0 spiro atoms. The SMILES string of the molecule is CC(NCc1cn(C)nc1C(C)(C)C)c1ccccc1. The molecule has 1 heterocycles. The fourth-order valence-electron chi connectivity index (χ4n) is 2.42. The van der Waals surface area contributed by atoms with E-state index in [-0.39, 0.29) is 5.41 Å². The van der Waals surface area contributed by atoms with Gasteiger partial charge in [0, 0.05) is 36.8 Å². The minimum absolute atomic E-state index is 0.0776. The summed E-state index contributed by atoms with van der Waals surface area (Å²) in [6.07, 6.45) is 2.12. The van der Waals surface area contributed by atoms with Gasteiger partial charge in [0.1, 0.15) is 0 Å². The molecule has 0 saturated heterocycles. The van der Waals surface area contributed by atoms with Crippen molar-refractivity contribution in [1.29, 1.82) is 0 Å². The molecular formula is C17H25N3. The van der Waals surface area contributed by atoms with E-state index >= 15 is 0 Å². The van der Waals surface area contributed by atoms with Crippen molar-refractivity contribution in [2.45, 2.75) is 45.7 Å². The van der Waals surface area contributed by atoms with Crippen molar-refractivity contribution in [3.8, 4) is 0 Å². The Hall–Kier alpha value is -1.61. The van der Waals surface area contributed by atoms with Crippen LogP contribution in [0.2, 0.25) is 0 Å². The van der Waals surface area contributed by atoms with Crippen molar-refractivity contribution in [3.63, 3.8) is 0 Å². The van der Waals surface area contributed by atoms with Crippen LogP contribution < -0.4 is 5.32 Å². The first-order chi connectivity index (χ1) is 9.38. The van der Waals surface area contributed by atoms with E-state index in [2.05, 4.69) is 74.6 Å². The van der Waals surface area contributed by atoms with Crippen LogP contribution in [0.15, 0.2) is 36.5 Å². The molecule has 1 aromatic carbocycles. The van der Waals surface area contributed by atoms with E-state index in [1.807, 2.05) is 11.7 Å². The van der Waals surface area contributed by atoms with Gasteiger partial charge in [-0.3, -0.25) is 4.68 Å². The molecular weight excluding hydrogens is 246 g/mol. The lowest BCUT2D eigenvalue weighted by Gasteiger charge is -2.19. The molecule has 2 rings (SSSR count). The first-order valence-electron chi connectivity index (χ1n) is 7.19. The van der Waals surface area contributed by atoms with Gasteiger partial charge in [0.25, 0.3) is 0 Å². The molecule has 2 aromatic rings. The molecule has 1 aromatic heterocycles. The molecule has 0 fully saturated rings. The standard InChI is InChI=1S/C17H25N3/c1-13(14-9-7-6-8-10-14)18-11-15-12-20(5)19-16(15)17(2,3)4/h6-10,12-13,18H,11H2,1-5H3. The van der Waals surface area contributed by atoms with Crippen molar-refractivity contribution in [2.75, 3.05) is 0 Å². The lowest BCUT2D eigenvalue weighted by molar-refractivity contribution is 0.531. The highest BCUT2D eigenvalue weighted by Crippen LogP contribution is 2.24. The van der Waals surface area contributed by atoms with E-state index < -0.39 is 0 Å². The lowest BCUT2D eigenvalue weighted by Crippen LogP contribution is -2.21. The molecule has 0 aliphatic carbocycles. The maximum Gasteiger partial charge on any atom is 0.0722 e. The molecule has 1 N–H and O–H groups in total. The second-order valence-electron chi connectivity index (χ2n) is 6.44. The van der Waals surface area contributed by atoms with Crippen LogP contribution in [-0.2, 0) is 19.0 Å². The third-order valence-electron chi connectivity index (χ3n) is 3.51. The largest absolute Gasteiger partial charge is 0.306 e. The zero-order valence-corrected chi connectivity index (χ0v) is 13.1. The summed E-state index contributed by atoms with van der Waals surface area (Å²) in [4.78, 5) is 0. The molecule has 0 amide bonds. The Morgan fingerprint density at radius 2 is 1.85 bits per heavy atom. The van der Waals surface area contributed by atoms with Gasteiger partial charge in [-0.15, -0.1) is 0 Å². The number of hydrogen-bond donors (Lipinski definition) is 1. The molecule has 3 nitrogen and oxygen atoms in total. The van der Waals surface area contributed by atoms with Crippen LogP contribution in [0.1, 0.15) is 50.6 Å². The van der Waals surface area contributed by atoms with Gasteiger partial charge in [-0.05, 0) is 12.5 Å². The number of aromatic nitrogens is 2. The van der Waals surface area contributed by atoms with Crippen molar-refractivity contribution in [3.05, 3.63) is 53.3 Å². The monoisotopic (exact) mass is 271 g/mol. The van der Waals surface area contributed by atoms with Crippen molar-refractivity contribution >= 4 is 0 Å². The smallest absolute Gasteiger partial charge is 0.0722 e. The van der Waals surface area contributed by atoms with E-state index in [0.29, 0.717) is 6.04 Å². The normalized spacial score (nSPS) is 13.4. The van der Waals surface area contributed by atoms with Gasteiger partial charge in [-0.2, -0.15) is 5.10 Å². The average molecular weight is 271 g/mol. The second-order valence-corrected chi connectivity index (χ2v) is 6.44. The topological polar surface area (TPSA) is 29.9 Å². The number of hydrogen-bond acceptors (Lipinski definition) is 2. The first-order valence-corrected chi connectivity index (χ1v) is 7.19. The van der Waals surface area contributed by atoms with Gasteiger partial charge in [0.15, 0.2) is 0 Å². The Morgan fingerprint density at radius 1 is 1.20 bits per heavy atom. The lowest BCUT2D eigenvalue weighted by atomic mass is 9.89. The van der Waals surface area contributed by atoms with Crippen LogP contribution in [0.25, 0.3) is 0 Å². The summed E-state index contributed by atoms with van der Waals surface area (Å²) >= 11 is 0. The molecule has 1 atom stereocenters. The Labute approximate surface area is 122 Å². The minimum atomic E-state index is 0.0776. The van der Waals surface area contributed by atoms with Gasteiger partial charge < -0.3 is 5.32 Å². The summed E-state index contributed by atoms with van der Waals surface area (Å²) in [7, 11) is 1.99. The van der Waals surface area contributed by atoms with E-state index in [0.717, 1.165) is 6.54 Å². The molecule has 0 aliphatic heterocycles. The van der Waals surface area contributed by atoms with Crippen molar-refractivity contribution in [2.24, 2.45) is 7.05 Å². The van der Waals surface area contributed by atoms with Crippen LogP contribution in [0.5, 0.6) is 0 Å². The molecule has 0 radical (unpaired) electrons. The fourth-order valence-corrected chi connectivity index (χ4v) is 2.42. The summed E-state index contributed by atoms with van der Waals surface area (Å²) in [6.45, 7) is 9.66. The third kappa shape index (κ3) is 3.48. The molecule has 0 aliphatic rings. The van der Waals surface area contributed by atoms with Gasteiger partial charge in [-0.1, -0.05) is 51.1 Å². The van der Waals surface area contributed by atoms with E-state index in [9.17, 15) is 0 Å². The summed E-state index contributed by atoms with van der Waals surface area (Å²) in [5.74, 6) is 0. The predicted octanol–water partition coefficient (Wildman–Crippen LogP) is 3.57. The summed E-state index contributed by atoms with van der Waals surface area (Å²) in [5.41, 5.74) is 3.85. The highest BCUT2D eigenvalue weighted by Gasteiger charge is 2.21. The Morgan fingerprint density at radius 3 is 2.45 bits per heavy atom. The van der Waals surface area contributed by atoms with E-state index in [4.69, 9.17) is 0 Å². The van der Waals surface area contributed by atoms with E-state index in [1.165, 1.54) is 16.8 Å². The minimum Gasteiger partial charge on any atom is -0.306 e. The number of benzene rings is 1. The molecule has 0 saturated carbocycles. The second kappa shape index (κ2) is 5.80. The zero-order chi connectivity index (χ0) is 14.8. The molecule has 1 unspecified atom stereocenters. The number of nitrogens with one attached hydrogen (secondary N) is 1. The quantitative estimate of drug-likeness (QED) is 0.921. The third-order valence-corrected chi connectivity index (χ3v) is 3.51. The van der Waals surface area contributed by atoms with Crippen LogP contribution in [-0.4, -0.2) is 9.78 Å². The number of aryl methyl sites for hydroxylation is 1. The van der Waals surface area contributed by atoms with Gasteiger partial charge >= 0.3 is 0 Å². The van der Waals surface area contributed by atoms with Gasteiger partial charge in [-0.25, -0.2) is 0 Å². The van der Waals surface area contributed by atoms with Crippen LogP contribution in [0, 0.1) is 0 Å². The van der Waals surface area contributed by atoms with Crippen LogP contribution >= 0.6 is 0 Å². The maximum atomic E-state index is 4.61. The van der Waals surface area contributed by atoms with Gasteiger partial charge in [0.2, 0.25) is 0 Å². The Kier molecular flexibility index (Phi) is 4.29. The molecule has 3 heteroatoms. The van der Waals surface area contributed by atoms with Crippen molar-refractivity contribution < 1.29 is 0 Å². The van der Waals surface area contributed by atoms with Crippen LogP contribution in [0.3, 0.4) is 0 Å². The van der Waals surface area contributed by atoms with Crippen molar-refractivity contribution in [1.82, 2.24) is 15.1 Å².